The normalized spacial score (nSPS) is 11.2. The summed E-state index contributed by atoms with van der Waals surface area (Å²) >= 11 is 1.48. The van der Waals surface area contributed by atoms with Crippen molar-refractivity contribution in [3.63, 3.8) is 0 Å². The molecule has 0 aliphatic rings. The van der Waals surface area contributed by atoms with Crippen LogP contribution in [0.1, 0.15) is 21.5 Å². The molecule has 0 saturated heterocycles. The Bertz CT molecular complexity index is 1810. The van der Waals surface area contributed by atoms with E-state index in [0.29, 0.717) is 33.8 Å². The number of rotatable bonds is 9. The quantitative estimate of drug-likeness (QED) is 0.113. The minimum Gasteiger partial charge on any atom is -0.496 e. The Balaban J connectivity index is 1.15. The molecule has 8 nitrogen and oxygen atoms in total. The van der Waals surface area contributed by atoms with Crippen molar-refractivity contribution in [2.45, 2.75) is 11.0 Å². The van der Waals surface area contributed by atoms with Crippen LogP contribution in [0.3, 0.4) is 0 Å². The molecule has 202 valence electrons. The van der Waals surface area contributed by atoms with Crippen molar-refractivity contribution in [3.8, 4) is 28.5 Å². The van der Waals surface area contributed by atoms with Crippen LogP contribution in [0, 0.1) is 0 Å². The monoisotopic (exact) mass is 560 g/mol. The number of ether oxygens (including phenoxy) is 1. The highest BCUT2D eigenvalue weighted by atomic mass is 32.2. The number of methoxy groups -OCH3 is 1. The van der Waals surface area contributed by atoms with Crippen LogP contribution in [-0.2, 0) is 5.75 Å². The Morgan fingerprint density at radius 1 is 0.976 bits per heavy atom. The lowest BCUT2D eigenvalue weighted by atomic mass is 10.1. The van der Waals surface area contributed by atoms with Gasteiger partial charge in [-0.05, 0) is 48.0 Å². The molecule has 0 bridgehead atoms. The lowest BCUT2D eigenvalue weighted by Crippen LogP contribution is -2.18. The lowest BCUT2D eigenvalue weighted by Gasteiger charge is -2.08. The van der Waals surface area contributed by atoms with Crippen LogP contribution >= 0.6 is 11.8 Å². The van der Waals surface area contributed by atoms with E-state index in [4.69, 9.17) is 13.6 Å². The van der Waals surface area contributed by atoms with Crippen LogP contribution in [0.4, 0.5) is 0 Å². The number of hydrazone groups is 1. The fourth-order valence-corrected chi connectivity index (χ4v) is 5.09. The summed E-state index contributed by atoms with van der Waals surface area (Å²) in [4.78, 5) is 22.0. The highest BCUT2D eigenvalue weighted by molar-refractivity contribution is 7.98. The Morgan fingerprint density at radius 2 is 1.78 bits per heavy atom. The van der Waals surface area contributed by atoms with Gasteiger partial charge in [-0.1, -0.05) is 66.4 Å². The molecule has 0 radical (unpaired) electrons. The SMILES string of the molecule is COc1ccc(C=NNC(=O)c2ccccc2-c2ncc(-c3ccccc3)o2)cc1CSc1nc2ccccc2o1. The van der Waals surface area contributed by atoms with E-state index in [-0.39, 0.29) is 5.91 Å². The van der Waals surface area contributed by atoms with Crippen molar-refractivity contribution in [2.24, 2.45) is 5.10 Å². The number of amides is 1. The highest BCUT2D eigenvalue weighted by Crippen LogP contribution is 2.31. The van der Waals surface area contributed by atoms with Gasteiger partial charge in [0.25, 0.3) is 11.1 Å². The van der Waals surface area contributed by atoms with Gasteiger partial charge in [-0.15, -0.1) is 0 Å². The first-order chi connectivity index (χ1) is 20.2. The minimum atomic E-state index is -0.378. The molecule has 2 heterocycles. The molecule has 0 unspecified atom stereocenters. The number of carbonyl (C=O) groups is 1. The fourth-order valence-electron chi connectivity index (χ4n) is 4.27. The molecule has 41 heavy (non-hydrogen) atoms. The van der Waals surface area contributed by atoms with Gasteiger partial charge in [-0.2, -0.15) is 5.10 Å². The molecular formula is C32H24N4O4S. The molecule has 0 atom stereocenters. The van der Waals surface area contributed by atoms with E-state index < -0.39 is 0 Å². The van der Waals surface area contributed by atoms with Crippen molar-refractivity contribution in [1.29, 1.82) is 0 Å². The van der Waals surface area contributed by atoms with Gasteiger partial charge in [0.2, 0.25) is 5.89 Å². The highest BCUT2D eigenvalue weighted by Gasteiger charge is 2.17. The number of benzene rings is 4. The van der Waals surface area contributed by atoms with E-state index in [1.54, 1.807) is 37.7 Å². The van der Waals surface area contributed by atoms with Gasteiger partial charge in [0.15, 0.2) is 11.3 Å². The second-order valence-electron chi connectivity index (χ2n) is 8.95. The predicted molar refractivity (Wildman–Crippen MR) is 159 cm³/mol. The summed E-state index contributed by atoms with van der Waals surface area (Å²) in [7, 11) is 1.63. The van der Waals surface area contributed by atoms with Crippen LogP contribution in [0.2, 0.25) is 0 Å². The second kappa shape index (κ2) is 11.9. The zero-order valence-corrected chi connectivity index (χ0v) is 22.8. The van der Waals surface area contributed by atoms with E-state index in [2.05, 4.69) is 20.5 Å². The van der Waals surface area contributed by atoms with Crippen LogP contribution < -0.4 is 10.2 Å². The molecule has 9 heteroatoms. The number of oxazole rings is 2. The number of fused-ring (bicyclic) bond motifs is 1. The van der Waals surface area contributed by atoms with Gasteiger partial charge in [0.1, 0.15) is 11.3 Å². The number of hydrogen-bond donors (Lipinski definition) is 1. The zero-order valence-electron chi connectivity index (χ0n) is 22.0. The largest absolute Gasteiger partial charge is 0.496 e. The minimum absolute atomic E-state index is 0.356. The molecule has 0 fully saturated rings. The van der Waals surface area contributed by atoms with E-state index in [0.717, 1.165) is 33.5 Å². The maximum Gasteiger partial charge on any atom is 0.272 e. The molecule has 0 spiro atoms. The summed E-state index contributed by atoms with van der Waals surface area (Å²) in [6.07, 6.45) is 3.24. The van der Waals surface area contributed by atoms with E-state index in [1.165, 1.54) is 11.8 Å². The number of aromatic nitrogens is 2. The second-order valence-corrected chi connectivity index (χ2v) is 9.87. The summed E-state index contributed by atoms with van der Waals surface area (Å²) < 4.78 is 17.3. The summed E-state index contributed by atoms with van der Waals surface area (Å²) in [5.74, 6) is 1.92. The maximum atomic E-state index is 13.1. The number of nitrogens with zero attached hydrogens (tertiary/aromatic N) is 3. The molecule has 0 saturated carbocycles. The Hall–Kier alpha value is -5.15. The molecule has 1 amide bonds. The standard InChI is InChI=1S/C32H24N4O4S/c1-38-27-16-15-21(17-23(27)20-41-32-35-26-13-7-8-14-28(26)40-32)18-34-36-30(37)24-11-5-6-12-25(24)31-33-19-29(39-31)22-9-3-2-4-10-22/h2-19H,20H2,1H3,(H,36,37). The molecule has 4 aromatic carbocycles. The third-order valence-electron chi connectivity index (χ3n) is 6.28. The Labute approximate surface area is 240 Å². The van der Waals surface area contributed by atoms with Crippen molar-refractivity contribution in [1.82, 2.24) is 15.4 Å². The van der Waals surface area contributed by atoms with Crippen molar-refractivity contribution >= 4 is 35.0 Å². The molecule has 0 aliphatic carbocycles. The zero-order chi connectivity index (χ0) is 28.0. The van der Waals surface area contributed by atoms with Gasteiger partial charge in [0.05, 0.1) is 25.1 Å². The van der Waals surface area contributed by atoms with Crippen LogP contribution in [0.5, 0.6) is 5.75 Å². The Kier molecular flexibility index (Phi) is 7.59. The van der Waals surface area contributed by atoms with Crippen molar-refractivity contribution < 1.29 is 18.4 Å². The third-order valence-corrected chi connectivity index (χ3v) is 7.15. The first kappa shape index (κ1) is 26.1. The first-order valence-electron chi connectivity index (χ1n) is 12.8. The Morgan fingerprint density at radius 3 is 2.63 bits per heavy atom. The summed E-state index contributed by atoms with van der Waals surface area (Å²) in [5, 5.41) is 4.78. The number of thioether (sulfide) groups is 1. The molecule has 6 aromatic rings. The van der Waals surface area contributed by atoms with Gasteiger partial charge < -0.3 is 13.6 Å². The number of para-hydroxylation sites is 2. The molecule has 2 aromatic heterocycles. The molecule has 0 aliphatic heterocycles. The predicted octanol–water partition coefficient (Wildman–Crippen LogP) is 7.21. The smallest absolute Gasteiger partial charge is 0.272 e. The lowest BCUT2D eigenvalue weighted by molar-refractivity contribution is 0.0955. The van der Waals surface area contributed by atoms with Gasteiger partial charge in [-0.25, -0.2) is 15.4 Å². The average molecular weight is 561 g/mol. The summed E-state index contributed by atoms with van der Waals surface area (Å²) in [6, 6.07) is 30.2. The van der Waals surface area contributed by atoms with Crippen LogP contribution in [0.25, 0.3) is 33.9 Å². The number of carbonyl (C=O) groups excluding carboxylic acids is 1. The third kappa shape index (κ3) is 5.90. The first-order valence-corrected chi connectivity index (χ1v) is 13.8. The number of nitrogens with one attached hydrogen (secondary N) is 1. The van der Waals surface area contributed by atoms with Gasteiger partial charge >= 0.3 is 0 Å². The van der Waals surface area contributed by atoms with Crippen molar-refractivity contribution in [2.75, 3.05) is 7.11 Å². The molecular weight excluding hydrogens is 536 g/mol. The summed E-state index contributed by atoms with van der Waals surface area (Å²) in [6.45, 7) is 0. The fraction of sp³-hybridized carbons (Fsp3) is 0.0625. The van der Waals surface area contributed by atoms with Gasteiger partial charge in [0, 0.05) is 22.4 Å². The van der Waals surface area contributed by atoms with Crippen LogP contribution in [-0.4, -0.2) is 29.2 Å². The molecule has 6 rings (SSSR count). The van der Waals surface area contributed by atoms with E-state index in [1.807, 2.05) is 78.9 Å². The molecule has 1 N–H and O–H groups in total. The van der Waals surface area contributed by atoms with Crippen molar-refractivity contribution in [3.05, 3.63) is 120 Å². The average Bonchev–Trinajstić information content (AvgIpc) is 3.68. The van der Waals surface area contributed by atoms with E-state index in [9.17, 15) is 4.79 Å². The maximum absolute atomic E-state index is 13.1. The topological polar surface area (TPSA) is 103 Å². The van der Waals surface area contributed by atoms with E-state index >= 15 is 0 Å². The summed E-state index contributed by atoms with van der Waals surface area (Å²) in [5.41, 5.74) is 7.81. The number of hydrogen-bond acceptors (Lipinski definition) is 8. The van der Waals surface area contributed by atoms with Gasteiger partial charge in [-0.3, -0.25) is 4.79 Å². The van der Waals surface area contributed by atoms with Crippen LogP contribution in [0.15, 0.2) is 122 Å².